The molecule has 2 saturated heterocycles. The number of hydrogen-bond donors (Lipinski definition) is 2. The van der Waals surface area contributed by atoms with E-state index in [9.17, 15) is 10.2 Å². The predicted molar refractivity (Wildman–Crippen MR) is 154 cm³/mol. The molecule has 2 aliphatic heterocycles. The van der Waals surface area contributed by atoms with Crippen molar-refractivity contribution in [3.63, 3.8) is 0 Å². The van der Waals surface area contributed by atoms with Crippen LogP contribution in [0.3, 0.4) is 0 Å². The van der Waals surface area contributed by atoms with Crippen LogP contribution in [0.2, 0.25) is 0 Å². The molecule has 5 heterocycles. The van der Waals surface area contributed by atoms with Gasteiger partial charge < -0.3 is 24.4 Å². The molecule has 3 aromatic heterocycles. The van der Waals surface area contributed by atoms with Crippen molar-refractivity contribution in [3.8, 4) is 5.95 Å². The van der Waals surface area contributed by atoms with Gasteiger partial charge in [-0.3, -0.25) is 9.47 Å². The van der Waals surface area contributed by atoms with E-state index < -0.39 is 11.7 Å². The van der Waals surface area contributed by atoms with Crippen LogP contribution in [-0.2, 0) is 24.8 Å². The number of likely N-dealkylation sites (tertiary alicyclic amines) is 1. The van der Waals surface area contributed by atoms with Gasteiger partial charge in [0.2, 0.25) is 5.95 Å². The normalized spacial score (nSPS) is 18.7. The first-order chi connectivity index (χ1) is 19.2. The van der Waals surface area contributed by atoms with Crippen molar-refractivity contribution in [1.82, 2.24) is 34.0 Å². The Bertz CT molecular complexity index is 1490. The van der Waals surface area contributed by atoms with Crippen LogP contribution in [0.1, 0.15) is 45.3 Å². The van der Waals surface area contributed by atoms with Crippen LogP contribution in [0.25, 0.3) is 28.1 Å². The quantitative estimate of drug-likeness (QED) is 0.359. The molecule has 11 nitrogen and oxygen atoms in total. The van der Waals surface area contributed by atoms with Crippen molar-refractivity contribution in [2.45, 2.75) is 58.3 Å². The van der Waals surface area contributed by atoms with Crippen LogP contribution >= 0.6 is 0 Å². The summed E-state index contributed by atoms with van der Waals surface area (Å²) in [4.78, 5) is 24.7. The van der Waals surface area contributed by atoms with Crippen molar-refractivity contribution < 1.29 is 14.9 Å². The zero-order valence-electron chi connectivity index (χ0n) is 23.9. The second-order valence-electron chi connectivity index (χ2n) is 11.8. The van der Waals surface area contributed by atoms with Gasteiger partial charge >= 0.3 is 0 Å². The van der Waals surface area contributed by atoms with Gasteiger partial charge in [-0.15, -0.1) is 0 Å². The Balaban J connectivity index is 1.43. The van der Waals surface area contributed by atoms with Crippen molar-refractivity contribution in [2.24, 2.45) is 13.0 Å². The molecule has 0 saturated carbocycles. The van der Waals surface area contributed by atoms with Crippen LogP contribution < -0.4 is 4.90 Å². The Kier molecular flexibility index (Phi) is 7.24. The lowest BCUT2D eigenvalue weighted by atomic mass is 9.83. The number of anilines is 1. The predicted octanol–water partition coefficient (Wildman–Crippen LogP) is 2.45. The minimum atomic E-state index is -0.646. The van der Waals surface area contributed by atoms with Crippen LogP contribution in [-0.4, -0.2) is 95.3 Å². The van der Waals surface area contributed by atoms with Gasteiger partial charge in [0.15, 0.2) is 17.0 Å². The molecule has 6 rings (SSSR count). The van der Waals surface area contributed by atoms with E-state index in [4.69, 9.17) is 24.7 Å². The number of rotatable bonds is 7. The van der Waals surface area contributed by atoms with E-state index in [0.29, 0.717) is 38.0 Å². The minimum Gasteiger partial charge on any atom is -0.393 e. The Labute approximate surface area is 234 Å². The molecule has 0 bridgehead atoms. The molecule has 40 heavy (non-hydrogen) atoms. The summed E-state index contributed by atoms with van der Waals surface area (Å²) < 4.78 is 9.70. The number of hydrogen-bond acceptors (Lipinski definition) is 9. The molecular formula is C29H40N8O3. The van der Waals surface area contributed by atoms with Crippen LogP contribution in [0.5, 0.6) is 0 Å². The van der Waals surface area contributed by atoms with Crippen molar-refractivity contribution in [3.05, 3.63) is 35.9 Å². The fourth-order valence-corrected chi connectivity index (χ4v) is 6.02. The fraction of sp³-hybridized carbons (Fsp3) is 0.586. The first-order valence-electron chi connectivity index (χ1n) is 14.3. The van der Waals surface area contributed by atoms with Crippen LogP contribution in [0.4, 0.5) is 5.82 Å². The Morgan fingerprint density at radius 1 is 1.00 bits per heavy atom. The smallest absolute Gasteiger partial charge is 0.239 e. The summed E-state index contributed by atoms with van der Waals surface area (Å²) in [5.74, 6) is 3.30. The molecule has 1 atom stereocenters. The van der Waals surface area contributed by atoms with Crippen molar-refractivity contribution >= 4 is 28.0 Å². The van der Waals surface area contributed by atoms with E-state index in [2.05, 4.69) is 14.4 Å². The van der Waals surface area contributed by atoms with Crippen LogP contribution in [0.15, 0.2) is 24.3 Å². The molecule has 214 valence electrons. The Morgan fingerprint density at radius 2 is 1.73 bits per heavy atom. The number of nitrogens with zero attached hydrogens (tertiary/aromatic N) is 8. The number of imidazole rings is 2. The molecule has 4 aromatic rings. The highest BCUT2D eigenvalue weighted by Gasteiger charge is 2.31. The molecule has 1 aromatic carbocycles. The van der Waals surface area contributed by atoms with Crippen molar-refractivity contribution in [1.29, 1.82) is 0 Å². The maximum Gasteiger partial charge on any atom is 0.239 e. The second kappa shape index (κ2) is 10.7. The number of aliphatic hydroxyl groups excluding tert-OH is 1. The van der Waals surface area contributed by atoms with Gasteiger partial charge in [0.1, 0.15) is 11.6 Å². The van der Waals surface area contributed by atoms with E-state index in [0.717, 1.165) is 78.7 Å². The SMILES string of the molecule is C[C@H](O)Cc1nc2ccccc2n1-c1nc(N2CCOCC2)c2nc(CN3CCC(C(C)(C)O)CC3)n(C)c2n1. The molecular weight excluding hydrogens is 508 g/mol. The van der Waals surface area contributed by atoms with E-state index >= 15 is 0 Å². The van der Waals surface area contributed by atoms with Gasteiger partial charge in [0.05, 0.1) is 42.5 Å². The summed E-state index contributed by atoms with van der Waals surface area (Å²) in [6.07, 6.45) is 1.77. The highest BCUT2D eigenvalue weighted by molar-refractivity contribution is 5.86. The van der Waals surface area contributed by atoms with Crippen molar-refractivity contribution in [2.75, 3.05) is 44.3 Å². The molecule has 2 fully saturated rings. The Hall–Kier alpha value is -3.12. The number of aromatic nitrogens is 6. The maximum absolute atomic E-state index is 10.5. The lowest BCUT2D eigenvalue weighted by Gasteiger charge is -2.37. The zero-order valence-corrected chi connectivity index (χ0v) is 23.9. The number of aliphatic hydroxyl groups is 2. The number of aryl methyl sites for hydroxylation is 1. The summed E-state index contributed by atoms with van der Waals surface area (Å²) in [7, 11) is 2.02. The van der Waals surface area contributed by atoms with Crippen LogP contribution in [0, 0.1) is 5.92 Å². The molecule has 11 heteroatoms. The molecule has 0 unspecified atom stereocenters. The summed E-state index contributed by atoms with van der Waals surface area (Å²) in [5.41, 5.74) is 2.66. The topological polar surface area (TPSA) is 118 Å². The largest absolute Gasteiger partial charge is 0.393 e. The lowest BCUT2D eigenvalue weighted by molar-refractivity contribution is -0.0139. The number of fused-ring (bicyclic) bond motifs is 2. The maximum atomic E-state index is 10.5. The van der Waals surface area contributed by atoms with E-state index in [1.165, 1.54) is 0 Å². The summed E-state index contributed by atoms with van der Waals surface area (Å²) >= 11 is 0. The fourth-order valence-electron chi connectivity index (χ4n) is 6.02. The van der Waals surface area contributed by atoms with Gasteiger partial charge in [-0.25, -0.2) is 9.97 Å². The molecule has 0 aliphatic carbocycles. The number of para-hydroxylation sites is 2. The standard InChI is InChI=1S/C29H40N8O3/c1-19(38)17-23-30-21-7-5-6-8-22(21)37(23)28-32-26-25(27(33-28)36-13-15-40-16-14-36)31-24(34(26)4)18-35-11-9-20(10-12-35)29(2,3)39/h5-8,19-20,38-39H,9-18H2,1-4H3/t19-/m0/s1. The highest BCUT2D eigenvalue weighted by atomic mass is 16.5. The molecule has 2 N–H and O–H groups in total. The summed E-state index contributed by atoms with van der Waals surface area (Å²) in [6.45, 7) is 10.9. The average Bonchev–Trinajstić information content (AvgIpc) is 3.44. The van der Waals surface area contributed by atoms with Gasteiger partial charge in [0, 0.05) is 26.6 Å². The van der Waals surface area contributed by atoms with Gasteiger partial charge in [-0.2, -0.15) is 9.97 Å². The number of morpholine rings is 1. The highest BCUT2D eigenvalue weighted by Crippen LogP contribution is 2.31. The van der Waals surface area contributed by atoms with E-state index in [1.807, 2.05) is 49.7 Å². The monoisotopic (exact) mass is 548 g/mol. The molecule has 0 amide bonds. The number of ether oxygens (including phenoxy) is 1. The molecule has 0 radical (unpaired) electrons. The molecule has 2 aliphatic rings. The van der Waals surface area contributed by atoms with Gasteiger partial charge in [-0.1, -0.05) is 12.1 Å². The summed E-state index contributed by atoms with van der Waals surface area (Å²) in [5, 5.41) is 20.7. The van der Waals surface area contributed by atoms with Gasteiger partial charge in [0.25, 0.3) is 0 Å². The average molecular weight is 549 g/mol. The third-order valence-corrected chi connectivity index (χ3v) is 8.35. The lowest BCUT2D eigenvalue weighted by Crippen LogP contribution is -2.41. The third-order valence-electron chi connectivity index (χ3n) is 8.35. The Morgan fingerprint density at radius 3 is 2.42 bits per heavy atom. The van der Waals surface area contributed by atoms with E-state index in [1.54, 1.807) is 6.92 Å². The third kappa shape index (κ3) is 5.18. The minimum absolute atomic E-state index is 0.311. The first kappa shape index (κ1) is 27.1. The molecule has 0 spiro atoms. The number of benzene rings is 1. The first-order valence-corrected chi connectivity index (χ1v) is 14.3. The number of piperidine rings is 1. The van der Waals surface area contributed by atoms with E-state index in [-0.39, 0.29) is 0 Å². The van der Waals surface area contributed by atoms with Gasteiger partial charge in [-0.05, 0) is 64.8 Å². The summed E-state index contributed by atoms with van der Waals surface area (Å²) in [6, 6.07) is 7.94. The second-order valence-corrected chi connectivity index (χ2v) is 11.8. The zero-order chi connectivity index (χ0) is 28.0.